The summed E-state index contributed by atoms with van der Waals surface area (Å²) in [5, 5.41) is 8.08. The molecule has 2 unspecified atom stereocenters. The van der Waals surface area contributed by atoms with Gasteiger partial charge in [-0.2, -0.15) is 0 Å². The topological polar surface area (TPSA) is 85.3 Å². The molecule has 0 bridgehead atoms. The van der Waals surface area contributed by atoms with Gasteiger partial charge < -0.3 is 9.73 Å². The molecule has 1 heterocycles. The largest absolute Gasteiger partial charge is 0.447 e. The van der Waals surface area contributed by atoms with E-state index in [-0.39, 0.29) is 5.09 Å². The van der Waals surface area contributed by atoms with Gasteiger partial charge in [0.1, 0.15) is 5.76 Å². The Hall–Kier alpha value is -0.850. The van der Waals surface area contributed by atoms with E-state index in [9.17, 15) is 8.42 Å². The van der Waals surface area contributed by atoms with Gasteiger partial charge in [0.2, 0.25) is 5.09 Å². The molecule has 6 heteroatoms. The van der Waals surface area contributed by atoms with E-state index in [2.05, 4.69) is 26.1 Å². The van der Waals surface area contributed by atoms with Crippen LogP contribution in [0.2, 0.25) is 0 Å². The second-order valence-corrected chi connectivity index (χ2v) is 6.29. The Morgan fingerprint density at radius 3 is 2.56 bits per heavy atom. The number of hydrogen-bond acceptors (Lipinski definition) is 4. The average molecular weight is 274 g/mol. The molecule has 0 aliphatic heterocycles. The summed E-state index contributed by atoms with van der Waals surface area (Å²) < 4.78 is 27.2. The number of sulfonamides is 1. The fraction of sp³-hybridized carbons (Fsp3) is 0.667. The van der Waals surface area contributed by atoms with Crippen molar-refractivity contribution < 1.29 is 12.8 Å². The molecule has 3 N–H and O–H groups in total. The van der Waals surface area contributed by atoms with Crippen molar-refractivity contribution in [1.29, 1.82) is 0 Å². The second-order valence-electron chi connectivity index (χ2n) is 4.80. The second kappa shape index (κ2) is 6.36. The summed E-state index contributed by atoms with van der Waals surface area (Å²) in [7, 11) is -3.74. The molecule has 0 saturated carbocycles. The number of nitrogens with two attached hydrogens (primary N) is 1. The first-order valence-electron chi connectivity index (χ1n) is 6.17. The Kier molecular flexibility index (Phi) is 5.37. The van der Waals surface area contributed by atoms with Crippen molar-refractivity contribution in [2.75, 3.05) is 0 Å². The fourth-order valence-electron chi connectivity index (χ4n) is 1.73. The van der Waals surface area contributed by atoms with E-state index < -0.39 is 10.0 Å². The molecule has 0 aliphatic rings. The van der Waals surface area contributed by atoms with Crippen molar-refractivity contribution in [2.45, 2.75) is 51.3 Å². The molecule has 0 saturated heterocycles. The zero-order valence-corrected chi connectivity index (χ0v) is 12.0. The molecule has 1 aromatic rings. The molecule has 0 spiro atoms. The van der Waals surface area contributed by atoms with Crippen LogP contribution < -0.4 is 10.5 Å². The van der Waals surface area contributed by atoms with E-state index in [4.69, 9.17) is 9.56 Å². The predicted molar refractivity (Wildman–Crippen MR) is 70.5 cm³/mol. The molecule has 0 fully saturated rings. The van der Waals surface area contributed by atoms with Crippen LogP contribution >= 0.6 is 0 Å². The van der Waals surface area contributed by atoms with Crippen LogP contribution in [0.15, 0.2) is 21.6 Å². The summed E-state index contributed by atoms with van der Waals surface area (Å²) in [6.45, 7) is 7.00. The van der Waals surface area contributed by atoms with Gasteiger partial charge in [-0.15, -0.1) is 0 Å². The normalized spacial score (nSPS) is 15.6. The SMILES string of the molecule is CCC(C)CC(C)NCc1ccc(S(N)(=O)=O)o1. The molecular weight excluding hydrogens is 252 g/mol. The van der Waals surface area contributed by atoms with Gasteiger partial charge in [0, 0.05) is 6.04 Å². The minimum Gasteiger partial charge on any atom is -0.447 e. The Morgan fingerprint density at radius 1 is 1.39 bits per heavy atom. The summed E-state index contributed by atoms with van der Waals surface area (Å²) in [5.41, 5.74) is 0. The van der Waals surface area contributed by atoms with Gasteiger partial charge in [0.25, 0.3) is 10.0 Å². The summed E-state index contributed by atoms with van der Waals surface area (Å²) in [6.07, 6.45) is 2.24. The quantitative estimate of drug-likeness (QED) is 0.794. The molecule has 5 nitrogen and oxygen atoms in total. The van der Waals surface area contributed by atoms with Gasteiger partial charge in [0.05, 0.1) is 6.54 Å². The molecule has 0 aromatic carbocycles. The first-order chi connectivity index (χ1) is 8.32. The molecular formula is C12H22N2O3S. The molecule has 0 aliphatic carbocycles. The first kappa shape index (κ1) is 15.2. The highest BCUT2D eigenvalue weighted by Crippen LogP contribution is 2.13. The van der Waals surface area contributed by atoms with Gasteiger partial charge in [-0.25, -0.2) is 13.6 Å². The third kappa shape index (κ3) is 4.80. The maximum absolute atomic E-state index is 11.0. The fourth-order valence-corrected chi connectivity index (χ4v) is 2.22. The highest BCUT2D eigenvalue weighted by Gasteiger charge is 2.13. The minimum atomic E-state index is -3.74. The lowest BCUT2D eigenvalue weighted by molar-refractivity contribution is 0.368. The number of primary sulfonamides is 1. The number of hydrogen-bond donors (Lipinski definition) is 2. The van der Waals surface area contributed by atoms with Crippen molar-refractivity contribution in [3.05, 3.63) is 17.9 Å². The maximum Gasteiger partial charge on any atom is 0.271 e. The number of furan rings is 1. The highest BCUT2D eigenvalue weighted by atomic mass is 32.2. The van der Waals surface area contributed by atoms with E-state index >= 15 is 0 Å². The van der Waals surface area contributed by atoms with Gasteiger partial charge in [-0.1, -0.05) is 20.3 Å². The Morgan fingerprint density at radius 2 is 2.06 bits per heavy atom. The van der Waals surface area contributed by atoms with Crippen molar-refractivity contribution >= 4 is 10.0 Å². The summed E-state index contributed by atoms with van der Waals surface area (Å²) in [5.74, 6) is 1.25. The van der Waals surface area contributed by atoms with Crippen LogP contribution in [0.3, 0.4) is 0 Å². The first-order valence-corrected chi connectivity index (χ1v) is 7.72. The van der Waals surface area contributed by atoms with Crippen LogP contribution in [-0.4, -0.2) is 14.5 Å². The molecule has 1 rings (SSSR count). The highest BCUT2D eigenvalue weighted by molar-refractivity contribution is 7.89. The van der Waals surface area contributed by atoms with Gasteiger partial charge >= 0.3 is 0 Å². The molecule has 0 amide bonds. The van der Waals surface area contributed by atoms with Gasteiger partial charge in [-0.05, 0) is 31.4 Å². The molecule has 18 heavy (non-hydrogen) atoms. The standard InChI is InChI=1S/C12H22N2O3S/c1-4-9(2)7-10(3)14-8-11-5-6-12(17-11)18(13,15)16/h5-6,9-10,14H,4,7-8H2,1-3H3,(H2,13,15,16). The Balaban J connectivity index is 2.47. The Labute approximate surface area is 109 Å². The summed E-state index contributed by atoms with van der Waals surface area (Å²) in [6, 6.07) is 3.37. The van der Waals surface area contributed by atoms with Crippen LogP contribution in [0.1, 0.15) is 39.4 Å². The lowest BCUT2D eigenvalue weighted by atomic mass is 10.0. The van der Waals surface area contributed by atoms with Crippen molar-refractivity contribution in [2.24, 2.45) is 11.1 Å². The van der Waals surface area contributed by atoms with Gasteiger partial charge in [0.15, 0.2) is 0 Å². The van der Waals surface area contributed by atoms with Gasteiger partial charge in [-0.3, -0.25) is 0 Å². The van der Waals surface area contributed by atoms with Crippen LogP contribution in [0, 0.1) is 5.92 Å². The van der Waals surface area contributed by atoms with Crippen molar-refractivity contribution in [3.63, 3.8) is 0 Å². The maximum atomic E-state index is 11.0. The third-order valence-corrected chi connectivity index (χ3v) is 3.78. The molecule has 1 aromatic heterocycles. The minimum absolute atomic E-state index is 0.186. The molecule has 104 valence electrons. The third-order valence-electron chi connectivity index (χ3n) is 3.00. The van der Waals surface area contributed by atoms with Crippen LogP contribution in [0.5, 0.6) is 0 Å². The van der Waals surface area contributed by atoms with E-state index in [0.29, 0.717) is 24.3 Å². The van der Waals surface area contributed by atoms with Crippen molar-refractivity contribution in [3.8, 4) is 0 Å². The van der Waals surface area contributed by atoms with Crippen LogP contribution in [0.4, 0.5) is 0 Å². The van der Waals surface area contributed by atoms with Crippen LogP contribution in [0.25, 0.3) is 0 Å². The van der Waals surface area contributed by atoms with E-state index in [1.54, 1.807) is 6.07 Å². The van der Waals surface area contributed by atoms with Crippen LogP contribution in [-0.2, 0) is 16.6 Å². The Bertz CT molecular complexity index is 467. The van der Waals surface area contributed by atoms with E-state index in [0.717, 1.165) is 12.8 Å². The van der Waals surface area contributed by atoms with E-state index in [1.807, 2.05) is 0 Å². The number of nitrogens with one attached hydrogen (secondary N) is 1. The lowest BCUT2D eigenvalue weighted by Gasteiger charge is -2.16. The van der Waals surface area contributed by atoms with Crippen molar-refractivity contribution in [1.82, 2.24) is 5.32 Å². The molecule has 2 atom stereocenters. The number of rotatable bonds is 7. The average Bonchev–Trinajstić information content (AvgIpc) is 2.74. The summed E-state index contributed by atoms with van der Waals surface area (Å²) >= 11 is 0. The zero-order chi connectivity index (χ0) is 13.8. The summed E-state index contributed by atoms with van der Waals surface area (Å²) in [4.78, 5) is 0. The van der Waals surface area contributed by atoms with E-state index in [1.165, 1.54) is 6.07 Å². The predicted octanol–water partition coefficient (Wildman–Crippen LogP) is 1.84. The molecule has 0 radical (unpaired) electrons. The lowest BCUT2D eigenvalue weighted by Crippen LogP contribution is -2.27. The smallest absolute Gasteiger partial charge is 0.271 e. The monoisotopic (exact) mass is 274 g/mol. The zero-order valence-electron chi connectivity index (χ0n) is 11.1.